The van der Waals surface area contributed by atoms with E-state index in [1.165, 1.54) is 6.42 Å². The molecule has 1 fully saturated rings. The van der Waals surface area contributed by atoms with Crippen LogP contribution in [0.15, 0.2) is 18.5 Å². The van der Waals surface area contributed by atoms with Gasteiger partial charge in [0.15, 0.2) is 0 Å². The molecule has 0 spiro atoms. The molecule has 1 heterocycles. The fourth-order valence-corrected chi connectivity index (χ4v) is 2.76. The number of hydrogen-bond acceptors (Lipinski definition) is 4. The molecule has 1 aliphatic rings. The van der Waals surface area contributed by atoms with Crippen molar-refractivity contribution in [3.8, 4) is 5.75 Å². The number of nitrogens with one attached hydrogen (secondary N) is 1. The first kappa shape index (κ1) is 14.3. The summed E-state index contributed by atoms with van der Waals surface area (Å²) >= 11 is 0. The van der Waals surface area contributed by atoms with Gasteiger partial charge in [0.25, 0.3) is 0 Å². The monoisotopic (exact) mass is 264 g/mol. The largest absolute Gasteiger partial charge is 0.492 e. The zero-order valence-corrected chi connectivity index (χ0v) is 12.1. The number of nitrogens with zero attached hydrogens (tertiary/aromatic N) is 1. The third-order valence-corrected chi connectivity index (χ3v) is 3.96. The summed E-state index contributed by atoms with van der Waals surface area (Å²) in [5.41, 5.74) is 1.05. The van der Waals surface area contributed by atoms with E-state index < -0.39 is 0 Å². The maximum Gasteiger partial charge on any atom is 0.137 e. The van der Waals surface area contributed by atoms with Gasteiger partial charge < -0.3 is 14.8 Å². The van der Waals surface area contributed by atoms with Crippen molar-refractivity contribution in [1.29, 1.82) is 0 Å². The summed E-state index contributed by atoms with van der Waals surface area (Å²) in [7, 11) is 3.78. The molecule has 0 aromatic carbocycles. The second kappa shape index (κ2) is 6.35. The quantitative estimate of drug-likeness (QED) is 0.822. The zero-order chi connectivity index (χ0) is 13.7. The fraction of sp³-hybridized carbons (Fsp3) is 0.667. The van der Waals surface area contributed by atoms with Crippen LogP contribution in [0.2, 0.25) is 0 Å². The number of rotatable bonds is 7. The maximum absolute atomic E-state index is 5.77. The highest BCUT2D eigenvalue weighted by atomic mass is 16.5. The normalized spacial score (nSPS) is 18.7. The molecule has 1 N–H and O–H groups in total. The van der Waals surface area contributed by atoms with Crippen molar-refractivity contribution in [2.45, 2.75) is 44.2 Å². The van der Waals surface area contributed by atoms with Gasteiger partial charge in [0.2, 0.25) is 0 Å². The molecule has 19 heavy (non-hydrogen) atoms. The summed E-state index contributed by atoms with van der Waals surface area (Å²) < 4.78 is 11.4. The first-order chi connectivity index (χ1) is 9.25. The Hall–Kier alpha value is -1.13. The number of hydrogen-bond donors (Lipinski definition) is 1. The van der Waals surface area contributed by atoms with Gasteiger partial charge in [0.1, 0.15) is 5.75 Å². The van der Waals surface area contributed by atoms with E-state index in [9.17, 15) is 0 Å². The summed E-state index contributed by atoms with van der Waals surface area (Å²) in [4.78, 5) is 4.29. The Morgan fingerprint density at radius 2 is 2.21 bits per heavy atom. The lowest BCUT2D eigenvalue weighted by Crippen LogP contribution is -2.49. The van der Waals surface area contributed by atoms with Crippen LogP contribution in [0.3, 0.4) is 0 Å². The first-order valence-electron chi connectivity index (χ1n) is 7.06. The van der Waals surface area contributed by atoms with E-state index in [0.717, 1.165) is 37.2 Å². The molecule has 0 aliphatic heterocycles. The molecular weight excluding hydrogens is 240 g/mol. The van der Waals surface area contributed by atoms with Gasteiger partial charge in [0, 0.05) is 13.3 Å². The summed E-state index contributed by atoms with van der Waals surface area (Å²) in [6.07, 6.45) is 8.09. The van der Waals surface area contributed by atoms with Gasteiger partial charge in [-0.3, -0.25) is 4.98 Å². The molecule has 2 rings (SSSR count). The Kier molecular flexibility index (Phi) is 4.77. The predicted molar refractivity (Wildman–Crippen MR) is 75.4 cm³/mol. The number of likely N-dealkylation sites (N-methyl/N-ethyl adjacent to an activating group) is 1. The first-order valence-corrected chi connectivity index (χ1v) is 7.06. The third-order valence-electron chi connectivity index (χ3n) is 3.96. The van der Waals surface area contributed by atoms with E-state index in [-0.39, 0.29) is 11.6 Å². The van der Waals surface area contributed by atoms with Crippen LogP contribution in [0.4, 0.5) is 0 Å². The van der Waals surface area contributed by atoms with E-state index >= 15 is 0 Å². The lowest BCUT2D eigenvalue weighted by Gasteiger charge is -2.46. The van der Waals surface area contributed by atoms with Gasteiger partial charge >= 0.3 is 0 Å². The predicted octanol–water partition coefficient (Wildman–Crippen LogP) is 2.70. The smallest absolute Gasteiger partial charge is 0.137 e. The van der Waals surface area contributed by atoms with Crippen LogP contribution in [0.5, 0.6) is 5.75 Å². The van der Waals surface area contributed by atoms with Crippen molar-refractivity contribution >= 4 is 0 Å². The molecule has 1 saturated carbocycles. The van der Waals surface area contributed by atoms with Gasteiger partial charge in [-0.25, -0.2) is 0 Å². The molecule has 0 radical (unpaired) electrons. The molecular formula is C15H24N2O2. The van der Waals surface area contributed by atoms with Crippen LogP contribution in [-0.4, -0.2) is 31.3 Å². The zero-order valence-electron chi connectivity index (χ0n) is 12.1. The average Bonchev–Trinajstić information content (AvgIpc) is 2.40. The van der Waals surface area contributed by atoms with Crippen LogP contribution in [0.25, 0.3) is 0 Å². The molecule has 1 aromatic rings. The Labute approximate surface area is 115 Å². The highest BCUT2D eigenvalue weighted by Gasteiger charge is 2.44. The fourth-order valence-electron chi connectivity index (χ4n) is 2.76. The van der Waals surface area contributed by atoms with Gasteiger partial charge in [-0.1, -0.05) is 6.92 Å². The Bertz CT molecular complexity index is 399. The second-order valence-electron chi connectivity index (χ2n) is 5.15. The van der Waals surface area contributed by atoms with Crippen molar-refractivity contribution in [2.24, 2.45) is 0 Å². The van der Waals surface area contributed by atoms with Gasteiger partial charge in [0.05, 0.1) is 24.4 Å². The molecule has 4 nitrogen and oxygen atoms in total. The molecule has 1 unspecified atom stereocenters. The average molecular weight is 264 g/mol. The van der Waals surface area contributed by atoms with Crippen LogP contribution in [0.1, 0.15) is 44.2 Å². The van der Waals surface area contributed by atoms with E-state index in [0.29, 0.717) is 0 Å². The van der Waals surface area contributed by atoms with Gasteiger partial charge in [-0.2, -0.15) is 0 Å². The molecule has 0 saturated heterocycles. The maximum atomic E-state index is 5.77. The van der Waals surface area contributed by atoms with Crippen LogP contribution >= 0.6 is 0 Å². The summed E-state index contributed by atoms with van der Waals surface area (Å²) in [6, 6.07) is 2.24. The Morgan fingerprint density at radius 3 is 2.74 bits per heavy atom. The SMILES string of the molecule is CCCOc1cncc(C(NC)C2(OC)CCC2)c1. The van der Waals surface area contributed by atoms with E-state index in [2.05, 4.69) is 23.3 Å². The van der Waals surface area contributed by atoms with Crippen molar-refractivity contribution in [3.63, 3.8) is 0 Å². The van der Waals surface area contributed by atoms with Crippen LogP contribution < -0.4 is 10.1 Å². The second-order valence-corrected chi connectivity index (χ2v) is 5.15. The number of aromatic nitrogens is 1. The summed E-state index contributed by atoms with van der Waals surface area (Å²) in [5, 5.41) is 3.37. The molecule has 1 atom stereocenters. The lowest BCUT2D eigenvalue weighted by atomic mass is 9.72. The molecule has 4 heteroatoms. The number of methoxy groups -OCH3 is 1. The van der Waals surface area contributed by atoms with E-state index in [1.54, 1.807) is 13.3 Å². The minimum Gasteiger partial charge on any atom is -0.492 e. The van der Waals surface area contributed by atoms with Gasteiger partial charge in [-0.05, 0) is 44.4 Å². The Morgan fingerprint density at radius 1 is 1.42 bits per heavy atom. The molecule has 1 aliphatic carbocycles. The third kappa shape index (κ3) is 2.90. The van der Waals surface area contributed by atoms with Gasteiger partial charge in [-0.15, -0.1) is 0 Å². The molecule has 1 aromatic heterocycles. The van der Waals surface area contributed by atoms with Crippen molar-refractivity contribution in [3.05, 3.63) is 24.0 Å². The highest BCUT2D eigenvalue weighted by Crippen LogP contribution is 2.44. The van der Waals surface area contributed by atoms with Crippen LogP contribution in [-0.2, 0) is 4.74 Å². The van der Waals surface area contributed by atoms with Crippen LogP contribution in [0, 0.1) is 0 Å². The van der Waals surface area contributed by atoms with Crippen molar-refractivity contribution in [1.82, 2.24) is 10.3 Å². The Balaban J connectivity index is 2.18. The number of pyridine rings is 1. The van der Waals surface area contributed by atoms with Crippen molar-refractivity contribution < 1.29 is 9.47 Å². The molecule has 0 amide bonds. The summed E-state index contributed by atoms with van der Waals surface area (Å²) in [6.45, 7) is 2.83. The van der Waals surface area contributed by atoms with E-state index in [4.69, 9.17) is 9.47 Å². The topological polar surface area (TPSA) is 43.4 Å². The summed E-state index contributed by atoms with van der Waals surface area (Å²) in [5.74, 6) is 0.838. The van der Waals surface area contributed by atoms with E-state index in [1.807, 2.05) is 13.2 Å². The molecule has 0 bridgehead atoms. The van der Waals surface area contributed by atoms with Crippen molar-refractivity contribution in [2.75, 3.05) is 20.8 Å². The number of ether oxygens (including phenoxy) is 2. The highest BCUT2D eigenvalue weighted by molar-refractivity contribution is 5.29. The lowest BCUT2D eigenvalue weighted by molar-refractivity contribution is -0.0984. The minimum atomic E-state index is -0.0835. The molecule has 106 valence electrons. The standard InChI is InChI=1S/C15H24N2O2/c1-4-8-19-13-9-12(10-17-11-13)14(16-2)15(18-3)6-5-7-15/h9-11,14,16H,4-8H2,1-3H3. The minimum absolute atomic E-state index is 0.0835.